The van der Waals surface area contributed by atoms with E-state index in [9.17, 15) is 19.8 Å². The summed E-state index contributed by atoms with van der Waals surface area (Å²) in [6, 6.07) is 12.3. The average molecular weight is 454 g/mol. The number of nitrogens with zero attached hydrogens (tertiary/aromatic N) is 1. The lowest BCUT2D eigenvalue weighted by Crippen LogP contribution is -2.26. The molecule has 170 valence electrons. The summed E-state index contributed by atoms with van der Waals surface area (Å²) in [4.78, 5) is 28.5. The van der Waals surface area contributed by atoms with Crippen molar-refractivity contribution in [2.24, 2.45) is 4.99 Å². The summed E-state index contributed by atoms with van der Waals surface area (Å²) < 4.78 is 6.36. The van der Waals surface area contributed by atoms with Crippen LogP contribution in [0.1, 0.15) is 55.8 Å². The fourth-order valence-corrected chi connectivity index (χ4v) is 5.11. The molecule has 0 saturated carbocycles. The molecule has 0 saturated heterocycles. The highest BCUT2D eigenvalue weighted by atomic mass is 16.5. The van der Waals surface area contributed by atoms with Crippen molar-refractivity contribution in [2.45, 2.75) is 25.7 Å². The minimum absolute atomic E-state index is 0.0491. The first kappa shape index (κ1) is 20.5. The van der Waals surface area contributed by atoms with Crippen molar-refractivity contribution < 1.29 is 24.5 Å². The van der Waals surface area contributed by atoms with Crippen LogP contribution >= 0.6 is 0 Å². The zero-order chi connectivity index (χ0) is 23.4. The molecule has 0 unspecified atom stereocenters. The third-order valence-corrected chi connectivity index (χ3v) is 6.74. The molecule has 3 aliphatic rings. The van der Waals surface area contributed by atoms with Gasteiger partial charge in [-0.1, -0.05) is 6.07 Å². The van der Waals surface area contributed by atoms with Crippen LogP contribution in [0, 0.1) is 0 Å². The van der Waals surface area contributed by atoms with Gasteiger partial charge in [0.25, 0.3) is 0 Å². The van der Waals surface area contributed by atoms with E-state index in [0.29, 0.717) is 17.1 Å². The number of rotatable bonds is 3. The first-order valence-corrected chi connectivity index (χ1v) is 11.4. The molecule has 0 aliphatic carbocycles. The number of nitrogens with one attached hydrogen (secondary N) is 1. The van der Waals surface area contributed by atoms with Crippen LogP contribution in [0.25, 0.3) is 5.57 Å². The SMILES string of the molecule is O=C(O)c1ccc(C2=c3cc4c(cc3Oc3cc5c(cc32)CCCN5)=NCCC4)c(C(=O)O)c1. The van der Waals surface area contributed by atoms with Gasteiger partial charge in [0.15, 0.2) is 0 Å². The monoisotopic (exact) mass is 454 g/mol. The molecule has 34 heavy (non-hydrogen) atoms. The Bertz CT molecular complexity index is 1520. The number of aryl methyl sites for hydroxylation is 2. The molecule has 7 nitrogen and oxygen atoms in total. The van der Waals surface area contributed by atoms with Gasteiger partial charge >= 0.3 is 11.9 Å². The Morgan fingerprint density at radius 3 is 2.56 bits per heavy atom. The van der Waals surface area contributed by atoms with Crippen LogP contribution in [0.15, 0.2) is 47.5 Å². The maximum Gasteiger partial charge on any atom is 0.336 e. The van der Waals surface area contributed by atoms with Gasteiger partial charge in [0.05, 0.1) is 16.5 Å². The van der Waals surface area contributed by atoms with Crippen LogP contribution in [0.4, 0.5) is 5.69 Å². The van der Waals surface area contributed by atoms with E-state index in [1.54, 1.807) is 6.07 Å². The predicted octanol–water partition coefficient (Wildman–Crippen LogP) is 3.36. The molecule has 6 rings (SSSR count). The van der Waals surface area contributed by atoms with Crippen molar-refractivity contribution in [1.29, 1.82) is 0 Å². The summed E-state index contributed by atoms with van der Waals surface area (Å²) in [6.07, 6.45) is 3.79. The van der Waals surface area contributed by atoms with E-state index in [1.165, 1.54) is 12.1 Å². The highest BCUT2D eigenvalue weighted by Crippen LogP contribution is 2.41. The van der Waals surface area contributed by atoms with Gasteiger partial charge in [-0.15, -0.1) is 0 Å². The Morgan fingerprint density at radius 1 is 0.882 bits per heavy atom. The number of anilines is 1. The standard InChI is InChI=1S/C27H22N2O5/c30-26(31)16-5-6-17(18(11-16)27(32)33)25-19-9-14-3-1-7-28-21(14)12-23(19)34-24-13-22-15(10-20(24)25)4-2-8-29-22/h5-6,9-13,28H,1-4,7-8H2,(H,30,31)(H,32,33). The van der Waals surface area contributed by atoms with Gasteiger partial charge in [0.2, 0.25) is 0 Å². The second-order valence-corrected chi connectivity index (χ2v) is 8.85. The molecule has 3 aliphatic heterocycles. The summed E-state index contributed by atoms with van der Waals surface area (Å²) in [6.45, 7) is 1.67. The quantitative estimate of drug-likeness (QED) is 0.438. The van der Waals surface area contributed by atoms with E-state index in [4.69, 9.17) is 4.74 Å². The average Bonchev–Trinajstić information content (AvgIpc) is 2.84. The lowest BCUT2D eigenvalue weighted by molar-refractivity contribution is 0.0695. The molecule has 3 N–H and O–H groups in total. The lowest BCUT2D eigenvalue weighted by atomic mass is 9.86. The van der Waals surface area contributed by atoms with E-state index in [1.807, 2.05) is 12.1 Å². The van der Waals surface area contributed by atoms with Gasteiger partial charge < -0.3 is 20.3 Å². The molecule has 3 aromatic carbocycles. The van der Waals surface area contributed by atoms with Crippen LogP contribution in [-0.2, 0) is 12.8 Å². The third kappa shape index (κ3) is 3.23. The number of carboxylic acid groups (broad SMARTS) is 2. The molecule has 0 amide bonds. The number of ether oxygens (including phenoxy) is 1. The van der Waals surface area contributed by atoms with Crippen molar-refractivity contribution >= 4 is 23.2 Å². The molecule has 0 spiro atoms. The lowest BCUT2D eigenvalue weighted by Gasteiger charge is -2.27. The summed E-state index contributed by atoms with van der Waals surface area (Å²) in [5, 5.41) is 24.6. The number of fused-ring (bicyclic) bond motifs is 4. The predicted molar refractivity (Wildman–Crippen MR) is 126 cm³/mol. The van der Waals surface area contributed by atoms with E-state index in [0.717, 1.165) is 77.3 Å². The Hall–Kier alpha value is -4.13. The zero-order valence-electron chi connectivity index (χ0n) is 18.4. The number of carboxylic acids is 2. The molecule has 0 atom stereocenters. The highest BCUT2D eigenvalue weighted by Gasteiger charge is 2.27. The highest BCUT2D eigenvalue weighted by molar-refractivity contribution is 6.01. The first-order chi connectivity index (χ1) is 16.5. The molecule has 3 aromatic rings. The number of benzene rings is 3. The largest absolute Gasteiger partial charge is 0.478 e. The number of hydrogen-bond acceptors (Lipinski definition) is 5. The molecule has 0 aromatic heterocycles. The van der Waals surface area contributed by atoms with E-state index >= 15 is 0 Å². The number of carbonyl (C=O) groups is 2. The van der Waals surface area contributed by atoms with Crippen LogP contribution < -0.4 is 20.6 Å². The second-order valence-electron chi connectivity index (χ2n) is 8.85. The minimum atomic E-state index is -1.17. The Morgan fingerprint density at radius 2 is 1.74 bits per heavy atom. The fourth-order valence-electron chi connectivity index (χ4n) is 5.11. The summed E-state index contributed by atoms with van der Waals surface area (Å²) in [5.41, 5.74) is 5.20. The van der Waals surface area contributed by atoms with E-state index in [-0.39, 0.29) is 11.1 Å². The molecule has 0 radical (unpaired) electrons. The van der Waals surface area contributed by atoms with Crippen LogP contribution in [0.2, 0.25) is 0 Å². The fraction of sp³-hybridized carbons (Fsp3) is 0.222. The van der Waals surface area contributed by atoms with E-state index < -0.39 is 11.9 Å². The second kappa shape index (κ2) is 7.73. The Labute approximate surface area is 195 Å². The van der Waals surface area contributed by atoms with Crippen molar-refractivity contribution in [3.63, 3.8) is 0 Å². The Balaban J connectivity index is 1.72. The van der Waals surface area contributed by atoms with Gasteiger partial charge in [-0.05, 0) is 66.6 Å². The van der Waals surface area contributed by atoms with Crippen LogP contribution in [-0.4, -0.2) is 35.2 Å². The van der Waals surface area contributed by atoms with Crippen LogP contribution in [0.5, 0.6) is 11.5 Å². The Kier molecular flexibility index (Phi) is 4.65. The molecule has 7 heteroatoms. The third-order valence-electron chi connectivity index (χ3n) is 6.74. The van der Waals surface area contributed by atoms with Crippen LogP contribution in [0.3, 0.4) is 0 Å². The smallest absolute Gasteiger partial charge is 0.336 e. The molecular formula is C27H22N2O5. The van der Waals surface area contributed by atoms with Gasteiger partial charge in [0.1, 0.15) is 11.5 Å². The van der Waals surface area contributed by atoms with Crippen molar-refractivity contribution in [3.8, 4) is 11.5 Å². The molecular weight excluding hydrogens is 432 g/mol. The van der Waals surface area contributed by atoms with Gasteiger partial charge in [-0.3, -0.25) is 4.99 Å². The van der Waals surface area contributed by atoms with Gasteiger partial charge in [-0.25, -0.2) is 9.59 Å². The maximum atomic E-state index is 12.3. The normalized spacial score (nSPS) is 15.5. The minimum Gasteiger partial charge on any atom is -0.478 e. The van der Waals surface area contributed by atoms with Gasteiger partial charge in [-0.2, -0.15) is 0 Å². The number of aromatic carboxylic acids is 2. The topological polar surface area (TPSA) is 108 Å². The van der Waals surface area contributed by atoms with Crippen molar-refractivity contribution in [1.82, 2.24) is 0 Å². The molecule has 0 bridgehead atoms. The van der Waals surface area contributed by atoms with Crippen molar-refractivity contribution in [3.05, 3.63) is 86.4 Å². The summed E-state index contributed by atoms with van der Waals surface area (Å²) in [7, 11) is 0. The van der Waals surface area contributed by atoms with Gasteiger partial charge in [0, 0.05) is 47.3 Å². The van der Waals surface area contributed by atoms with Crippen molar-refractivity contribution in [2.75, 3.05) is 18.4 Å². The molecule has 3 heterocycles. The summed E-state index contributed by atoms with van der Waals surface area (Å²) in [5.74, 6) is -1.07. The maximum absolute atomic E-state index is 12.3. The van der Waals surface area contributed by atoms with E-state index in [2.05, 4.69) is 22.4 Å². The summed E-state index contributed by atoms with van der Waals surface area (Å²) >= 11 is 0. The zero-order valence-corrected chi connectivity index (χ0v) is 18.4. The molecule has 0 fully saturated rings. The first-order valence-electron chi connectivity index (χ1n) is 11.4. The number of hydrogen-bond donors (Lipinski definition) is 3.